The van der Waals surface area contributed by atoms with Gasteiger partial charge in [0.15, 0.2) is 0 Å². The second-order valence-corrected chi connectivity index (χ2v) is 9.17. The van der Waals surface area contributed by atoms with E-state index in [-0.39, 0.29) is 5.97 Å². The number of para-hydroxylation sites is 1. The van der Waals surface area contributed by atoms with Gasteiger partial charge in [-0.25, -0.2) is 4.79 Å². The first-order valence-electron chi connectivity index (χ1n) is 13.4. The summed E-state index contributed by atoms with van der Waals surface area (Å²) in [4.78, 5) is 11.0. The van der Waals surface area contributed by atoms with Gasteiger partial charge in [-0.05, 0) is 53.8 Å². The maximum Gasteiger partial charge on any atom is 0.330 e. The molecule has 0 saturated carbocycles. The second kappa shape index (κ2) is 16.7. The number of hydrogen-bond donors (Lipinski definition) is 0. The molecule has 3 aromatic carbocycles. The molecule has 0 saturated heterocycles. The van der Waals surface area contributed by atoms with E-state index >= 15 is 0 Å². The fourth-order valence-electron chi connectivity index (χ4n) is 4.07. The van der Waals surface area contributed by atoms with Crippen molar-refractivity contribution in [3.63, 3.8) is 0 Å². The smallest absolute Gasteiger partial charge is 0.330 e. The average molecular weight is 512 g/mol. The van der Waals surface area contributed by atoms with Crippen LogP contribution < -0.4 is 9.47 Å². The molecule has 0 atom stereocenters. The van der Waals surface area contributed by atoms with Gasteiger partial charge in [0.25, 0.3) is 0 Å². The summed E-state index contributed by atoms with van der Waals surface area (Å²) in [6, 6.07) is 25.9. The number of benzene rings is 3. The van der Waals surface area contributed by atoms with Crippen LogP contribution in [0.2, 0.25) is 0 Å². The summed E-state index contributed by atoms with van der Waals surface area (Å²) < 4.78 is 16.7. The van der Waals surface area contributed by atoms with Crippen molar-refractivity contribution in [2.75, 3.05) is 13.2 Å². The van der Waals surface area contributed by atoms with E-state index in [0.29, 0.717) is 24.5 Å². The summed E-state index contributed by atoms with van der Waals surface area (Å²) in [6.07, 6.45) is 10.3. The molecular weight excluding hydrogens is 474 g/mol. The Morgan fingerprint density at radius 2 is 1.32 bits per heavy atom. The molecule has 0 aliphatic rings. The minimum absolute atomic E-state index is 0.336. The van der Waals surface area contributed by atoms with E-state index in [0.717, 1.165) is 48.3 Å². The largest absolute Gasteiger partial charge is 0.494 e. The number of nitriles is 1. The minimum atomic E-state index is -0.336. The number of rotatable bonds is 17. The highest BCUT2D eigenvalue weighted by Crippen LogP contribution is 2.24. The summed E-state index contributed by atoms with van der Waals surface area (Å²) in [5.74, 6) is 1.16. The summed E-state index contributed by atoms with van der Waals surface area (Å²) in [5, 5.41) is 9.19. The summed E-state index contributed by atoms with van der Waals surface area (Å²) in [6.45, 7) is 5.03. The van der Waals surface area contributed by atoms with Crippen molar-refractivity contribution >= 4 is 5.97 Å². The lowest BCUT2D eigenvalue weighted by molar-refractivity contribution is -0.137. The highest BCUT2D eigenvalue weighted by Gasteiger charge is 2.04. The topological polar surface area (TPSA) is 68.6 Å². The Morgan fingerprint density at radius 3 is 1.95 bits per heavy atom. The van der Waals surface area contributed by atoms with Crippen LogP contribution in [0.15, 0.2) is 85.5 Å². The monoisotopic (exact) mass is 511 g/mol. The lowest BCUT2D eigenvalue weighted by atomic mass is 10.0. The predicted molar refractivity (Wildman–Crippen MR) is 151 cm³/mol. The van der Waals surface area contributed by atoms with Crippen LogP contribution in [0, 0.1) is 11.3 Å². The van der Waals surface area contributed by atoms with Crippen molar-refractivity contribution in [3.05, 3.63) is 96.6 Å². The lowest BCUT2D eigenvalue weighted by Crippen LogP contribution is -2.01. The molecule has 0 aliphatic heterocycles. The van der Waals surface area contributed by atoms with Gasteiger partial charge < -0.3 is 14.2 Å². The number of nitrogens with zero attached hydrogens (tertiary/aromatic N) is 1. The van der Waals surface area contributed by atoms with E-state index < -0.39 is 0 Å². The quantitative estimate of drug-likeness (QED) is 0.104. The van der Waals surface area contributed by atoms with Gasteiger partial charge in [-0.2, -0.15) is 5.26 Å². The third-order valence-electron chi connectivity index (χ3n) is 6.26. The molecule has 0 aromatic heterocycles. The van der Waals surface area contributed by atoms with Crippen molar-refractivity contribution in [1.82, 2.24) is 0 Å². The van der Waals surface area contributed by atoms with Gasteiger partial charge in [0, 0.05) is 6.08 Å². The van der Waals surface area contributed by atoms with Crippen molar-refractivity contribution in [2.24, 2.45) is 0 Å². The zero-order chi connectivity index (χ0) is 26.8. The molecule has 0 aliphatic carbocycles. The van der Waals surface area contributed by atoms with Gasteiger partial charge in [0.2, 0.25) is 0 Å². The normalized spacial score (nSPS) is 10.4. The Kier molecular flexibility index (Phi) is 12.5. The van der Waals surface area contributed by atoms with Gasteiger partial charge in [-0.15, -0.1) is 0 Å². The standard InChI is InChI=1S/C33H37NO4/c1-2-33(35)37-24-12-8-6-4-3-5-7-11-23-36-31-21-19-29(20-22-31)28-17-15-27(16-18-28)26-38-32-14-10-9-13-30(32)25-34/h2,9-10,13-22H,1,3-8,11-12,23-24,26H2. The fourth-order valence-corrected chi connectivity index (χ4v) is 4.07. The third-order valence-corrected chi connectivity index (χ3v) is 6.26. The SMILES string of the molecule is C=CC(=O)OCCCCCCCCCCOc1ccc(-c2ccc(COc3ccccc3C#N)cc2)cc1. The molecular formula is C33H37NO4. The number of ether oxygens (including phenoxy) is 3. The molecule has 198 valence electrons. The number of hydrogen-bond acceptors (Lipinski definition) is 5. The summed E-state index contributed by atoms with van der Waals surface area (Å²) >= 11 is 0. The second-order valence-electron chi connectivity index (χ2n) is 9.17. The maximum atomic E-state index is 11.0. The molecule has 0 fully saturated rings. The van der Waals surface area contributed by atoms with Gasteiger partial charge in [0.1, 0.15) is 24.2 Å². The third kappa shape index (κ3) is 10.1. The van der Waals surface area contributed by atoms with Crippen LogP contribution in [0.1, 0.15) is 62.5 Å². The first kappa shape index (κ1) is 28.5. The van der Waals surface area contributed by atoms with Crippen LogP contribution >= 0.6 is 0 Å². The van der Waals surface area contributed by atoms with Crippen LogP contribution in [0.5, 0.6) is 11.5 Å². The zero-order valence-electron chi connectivity index (χ0n) is 22.1. The number of esters is 1. The molecule has 0 amide bonds. The molecule has 5 nitrogen and oxygen atoms in total. The molecule has 38 heavy (non-hydrogen) atoms. The highest BCUT2D eigenvalue weighted by atomic mass is 16.5. The minimum Gasteiger partial charge on any atom is -0.494 e. The Hall–Kier alpha value is -4.04. The highest BCUT2D eigenvalue weighted by molar-refractivity contribution is 5.81. The van der Waals surface area contributed by atoms with Crippen molar-refractivity contribution < 1.29 is 19.0 Å². The molecule has 0 heterocycles. The van der Waals surface area contributed by atoms with E-state index in [1.807, 2.05) is 30.3 Å². The molecule has 0 bridgehead atoms. The average Bonchev–Trinajstić information content (AvgIpc) is 2.97. The summed E-state index contributed by atoms with van der Waals surface area (Å²) in [5.41, 5.74) is 3.86. The van der Waals surface area contributed by atoms with Crippen LogP contribution in [0.3, 0.4) is 0 Å². The maximum absolute atomic E-state index is 11.0. The predicted octanol–water partition coefficient (Wildman–Crippen LogP) is 8.03. The first-order chi connectivity index (χ1) is 18.7. The number of carbonyl (C=O) groups excluding carboxylic acids is 1. The molecule has 0 N–H and O–H groups in total. The van der Waals surface area contributed by atoms with Crippen molar-refractivity contribution in [1.29, 1.82) is 5.26 Å². The molecule has 3 aromatic rings. The molecule has 0 unspecified atom stereocenters. The number of unbranched alkanes of at least 4 members (excludes halogenated alkanes) is 7. The van der Waals surface area contributed by atoms with E-state index in [1.165, 1.54) is 38.2 Å². The molecule has 0 spiro atoms. The lowest BCUT2D eigenvalue weighted by Gasteiger charge is -2.10. The van der Waals surface area contributed by atoms with E-state index in [4.69, 9.17) is 14.2 Å². The van der Waals surface area contributed by atoms with Crippen LogP contribution in [-0.4, -0.2) is 19.2 Å². The van der Waals surface area contributed by atoms with Crippen LogP contribution in [-0.2, 0) is 16.1 Å². The van der Waals surface area contributed by atoms with E-state index in [2.05, 4.69) is 49.0 Å². The van der Waals surface area contributed by atoms with E-state index in [1.54, 1.807) is 6.07 Å². The molecule has 0 radical (unpaired) electrons. The van der Waals surface area contributed by atoms with Crippen LogP contribution in [0.25, 0.3) is 11.1 Å². The van der Waals surface area contributed by atoms with Gasteiger partial charge in [-0.3, -0.25) is 0 Å². The van der Waals surface area contributed by atoms with Gasteiger partial charge in [-0.1, -0.05) is 93.6 Å². The number of carbonyl (C=O) groups is 1. The molecule has 5 heteroatoms. The Morgan fingerprint density at radius 1 is 0.737 bits per heavy atom. The summed E-state index contributed by atoms with van der Waals surface area (Å²) in [7, 11) is 0. The Balaban J connectivity index is 1.27. The zero-order valence-corrected chi connectivity index (χ0v) is 22.1. The fraction of sp³-hybridized carbons (Fsp3) is 0.333. The van der Waals surface area contributed by atoms with Crippen molar-refractivity contribution in [3.8, 4) is 28.7 Å². The van der Waals surface area contributed by atoms with Gasteiger partial charge in [0.05, 0.1) is 18.8 Å². The van der Waals surface area contributed by atoms with Crippen molar-refractivity contribution in [2.45, 2.75) is 58.0 Å². The Bertz CT molecular complexity index is 1160. The Labute approximate surface area is 226 Å². The van der Waals surface area contributed by atoms with Crippen LogP contribution in [0.4, 0.5) is 0 Å². The van der Waals surface area contributed by atoms with E-state index in [9.17, 15) is 10.1 Å². The first-order valence-corrected chi connectivity index (χ1v) is 13.4. The molecule has 3 rings (SSSR count). The van der Waals surface area contributed by atoms with Gasteiger partial charge >= 0.3 is 5.97 Å².